The number of nitrogens with one attached hydrogen (secondary N) is 2. The van der Waals surface area contributed by atoms with E-state index in [0.29, 0.717) is 18.2 Å². The molecule has 0 spiro atoms. The Balaban J connectivity index is 2.02. The molecule has 0 aliphatic heterocycles. The molecule has 1 aromatic heterocycles. The van der Waals surface area contributed by atoms with E-state index in [2.05, 4.69) is 36.5 Å². The molecule has 6 heteroatoms. The van der Waals surface area contributed by atoms with Crippen molar-refractivity contribution in [2.45, 2.75) is 6.54 Å². The normalized spacial score (nSPS) is 9.56. The van der Waals surface area contributed by atoms with Crippen LogP contribution in [0.25, 0.3) is 0 Å². The van der Waals surface area contributed by atoms with Crippen molar-refractivity contribution < 1.29 is 0 Å². The second-order valence-corrected chi connectivity index (χ2v) is 4.42. The molecular formula is C12H10BrN5. The minimum Gasteiger partial charge on any atom is -0.366 e. The van der Waals surface area contributed by atoms with Crippen molar-refractivity contribution in [2.24, 2.45) is 0 Å². The molecule has 0 saturated carbocycles. The molecule has 0 fully saturated rings. The Morgan fingerprint density at radius 2 is 2.06 bits per heavy atom. The molecule has 2 aromatic rings. The molecule has 1 heterocycles. The monoisotopic (exact) mass is 303 g/mol. The van der Waals surface area contributed by atoms with Gasteiger partial charge in [0.2, 0.25) is 0 Å². The lowest BCUT2D eigenvalue weighted by Gasteiger charge is -2.06. The molecule has 0 aliphatic rings. The van der Waals surface area contributed by atoms with Crippen LogP contribution in [0.15, 0.2) is 41.1 Å². The molecule has 18 heavy (non-hydrogen) atoms. The maximum Gasteiger partial charge on any atom is 0.182 e. The molecule has 90 valence electrons. The predicted octanol–water partition coefficient (Wildman–Crippen LogP) is 2.74. The first-order valence-corrected chi connectivity index (χ1v) is 6.03. The summed E-state index contributed by atoms with van der Waals surface area (Å²) in [6.07, 6.45) is 3.22. The van der Waals surface area contributed by atoms with Gasteiger partial charge in [-0.25, -0.2) is 9.97 Å². The highest BCUT2D eigenvalue weighted by atomic mass is 79.9. The SMILES string of the molecule is N#CNc1cc(NCc2cccc(Br)c2)ncn1. The molecule has 0 bridgehead atoms. The second kappa shape index (κ2) is 5.98. The third-order valence-electron chi connectivity index (χ3n) is 2.21. The van der Waals surface area contributed by atoms with Gasteiger partial charge in [-0.15, -0.1) is 0 Å². The minimum atomic E-state index is 0.476. The van der Waals surface area contributed by atoms with Crippen molar-refractivity contribution in [1.82, 2.24) is 9.97 Å². The lowest BCUT2D eigenvalue weighted by Crippen LogP contribution is -2.02. The van der Waals surface area contributed by atoms with Gasteiger partial charge < -0.3 is 5.32 Å². The number of halogens is 1. The molecule has 1 aromatic carbocycles. The van der Waals surface area contributed by atoms with Gasteiger partial charge in [0.15, 0.2) is 6.19 Å². The Bertz CT molecular complexity index is 579. The molecule has 2 N–H and O–H groups in total. The van der Waals surface area contributed by atoms with Crippen LogP contribution in [0.1, 0.15) is 5.56 Å². The number of rotatable bonds is 4. The van der Waals surface area contributed by atoms with Crippen molar-refractivity contribution in [1.29, 1.82) is 5.26 Å². The highest BCUT2D eigenvalue weighted by Crippen LogP contribution is 2.14. The van der Waals surface area contributed by atoms with E-state index >= 15 is 0 Å². The number of anilines is 2. The second-order valence-electron chi connectivity index (χ2n) is 3.51. The number of nitrogens with zero attached hydrogens (tertiary/aromatic N) is 3. The highest BCUT2D eigenvalue weighted by molar-refractivity contribution is 9.10. The van der Waals surface area contributed by atoms with E-state index in [1.165, 1.54) is 6.33 Å². The van der Waals surface area contributed by atoms with Gasteiger partial charge >= 0.3 is 0 Å². The van der Waals surface area contributed by atoms with Crippen LogP contribution in [0.3, 0.4) is 0 Å². The van der Waals surface area contributed by atoms with Gasteiger partial charge in [-0.1, -0.05) is 28.1 Å². The summed E-state index contributed by atoms with van der Waals surface area (Å²) in [7, 11) is 0. The number of hydrogen-bond acceptors (Lipinski definition) is 5. The molecular weight excluding hydrogens is 294 g/mol. The summed E-state index contributed by atoms with van der Waals surface area (Å²) in [6, 6.07) is 9.68. The molecule has 0 atom stereocenters. The van der Waals surface area contributed by atoms with Crippen LogP contribution in [0.4, 0.5) is 11.6 Å². The smallest absolute Gasteiger partial charge is 0.182 e. The minimum absolute atomic E-state index is 0.476. The number of nitriles is 1. The van der Waals surface area contributed by atoms with Crippen molar-refractivity contribution in [2.75, 3.05) is 10.6 Å². The van der Waals surface area contributed by atoms with E-state index in [4.69, 9.17) is 5.26 Å². The Kier molecular flexibility index (Phi) is 4.10. The van der Waals surface area contributed by atoms with Crippen LogP contribution in [-0.4, -0.2) is 9.97 Å². The lowest BCUT2D eigenvalue weighted by atomic mass is 10.2. The van der Waals surface area contributed by atoms with Crippen molar-refractivity contribution >= 4 is 27.6 Å². The Morgan fingerprint density at radius 1 is 1.22 bits per heavy atom. The largest absolute Gasteiger partial charge is 0.366 e. The zero-order valence-corrected chi connectivity index (χ0v) is 11.0. The fraction of sp³-hybridized carbons (Fsp3) is 0.0833. The van der Waals surface area contributed by atoms with Gasteiger partial charge in [-0.2, -0.15) is 5.26 Å². The Hall–Kier alpha value is -2.13. The summed E-state index contributed by atoms with van der Waals surface area (Å²) < 4.78 is 1.04. The fourth-order valence-corrected chi connectivity index (χ4v) is 1.87. The van der Waals surface area contributed by atoms with Gasteiger partial charge in [-0.05, 0) is 17.7 Å². The van der Waals surface area contributed by atoms with E-state index in [1.807, 2.05) is 30.5 Å². The summed E-state index contributed by atoms with van der Waals surface area (Å²) in [4.78, 5) is 7.98. The van der Waals surface area contributed by atoms with Crippen molar-refractivity contribution in [3.63, 3.8) is 0 Å². The lowest BCUT2D eigenvalue weighted by molar-refractivity contribution is 1.08. The van der Waals surface area contributed by atoms with E-state index in [9.17, 15) is 0 Å². The summed E-state index contributed by atoms with van der Waals surface area (Å²) >= 11 is 3.42. The average Bonchev–Trinajstić information content (AvgIpc) is 2.37. The Morgan fingerprint density at radius 3 is 2.83 bits per heavy atom. The van der Waals surface area contributed by atoms with Gasteiger partial charge in [0.1, 0.15) is 18.0 Å². The quantitative estimate of drug-likeness (QED) is 0.671. The highest BCUT2D eigenvalue weighted by Gasteiger charge is 1.98. The molecule has 0 amide bonds. The third kappa shape index (κ3) is 3.43. The van der Waals surface area contributed by atoms with Crippen LogP contribution in [-0.2, 0) is 6.54 Å². The molecule has 0 radical (unpaired) electrons. The Labute approximate surface area is 113 Å². The van der Waals surface area contributed by atoms with E-state index in [1.54, 1.807) is 6.07 Å². The number of aromatic nitrogens is 2. The molecule has 0 aliphatic carbocycles. The summed E-state index contributed by atoms with van der Waals surface area (Å²) in [5.74, 6) is 1.15. The maximum atomic E-state index is 8.50. The topological polar surface area (TPSA) is 73.6 Å². The number of hydrogen-bond donors (Lipinski definition) is 2. The first-order valence-electron chi connectivity index (χ1n) is 5.23. The summed E-state index contributed by atoms with van der Waals surface area (Å²) in [6.45, 7) is 0.655. The molecule has 2 rings (SSSR count). The third-order valence-corrected chi connectivity index (χ3v) is 2.71. The van der Waals surface area contributed by atoms with Crippen LogP contribution >= 0.6 is 15.9 Å². The van der Waals surface area contributed by atoms with E-state index in [-0.39, 0.29) is 0 Å². The van der Waals surface area contributed by atoms with Crippen LogP contribution < -0.4 is 10.6 Å². The zero-order chi connectivity index (χ0) is 12.8. The first-order chi connectivity index (χ1) is 8.78. The van der Waals surface area contributed by atoms with Gasteiger partial charge in [0.05, 0.1) is 0 Å². The molecule has 0 saturated heterocycles. The predicted molar refractivity (Wildman–Crippen MR) is 72.7 cm³/mol. The standard InChI is InChI=1S/C12H10BrN5/c13-10-3-1-2-9(4-10)6-15-11-5-12(16-7-14)18-8-17-11/h1-5,8H,6H2,(H2,15,16,17,18). The van der Waals surface area contributed by atoms with E-state index < -0.39 is 0 Å². The molecule has 0 unspecified atom stereocenters. The van der Waals surface area contributed by atoms with Crippen LogP contribution in [0.2, 0.25) is 0 Å². The summed E-state index contributed by atoms with van der Waals surface area (Å²) in [5.41, 5.74) is 1.14. The van der Waals surface area contributed by atoms with Gasteiger partial charge in [-0.3, -0.25) is 5.32 Å². The number of benzene rings is 1. The van der Waals surface area contributed by atoms with Crippen molar-refractivity contribution in [3.8, 4) is 6.19 Å². The van der Waals surface area contributed by atoms with Gasteiger partial charge in [0, 0.05) is 17.1 Å². The zero-order valence-electron chi connectivity index (χ0n) is 9.39. The first kappa shape index (κ1) is 12.3. The summed E-state index contributed by atoms with van der Waals surface area (Å²) in [5, 5.41) is 14.1. The van der Waals surface area contributed by atoms with Crippen LogP contribution in [0, 0.1) is 11.5 Å². The van der Waals surface area contributed by atoms with Crippen LogP contribution in [0.5, 0.6) is 0 Å². The maximum absolute atomic E-state index is 8.50. The fourth-order valence-electron chi connectivity index (χ4n) is 1.42. The van der Waals surface area contributed by atoms with Crippen molar-refractivity contribution in [3.05, 3.63) is 46.7 Å². The molecule has 5 nitrogen and oxygen atoms in total. The van der Waals surface area contributed by atoms with Gasteiger partial charge in [0.25, 0.3) is 0 Å². The average molecular weight is 304 g/mol. The van der Waals surface area contributed by atoms with E-state index in [0.717, 1.165) is 10.0 Å².